The van der Waals surface area contributed by atoms with Gasteiger partial charge in [0.15, 0.2) is 0 Å². The van der Waals surface area contributed by atoms with Crippen LogP contribution in [0.25, 0.3) is 11.4 Å². The maximum atomic E-state index is 5.44. The summed E-state index contributed by atoms with van der Waals surface area (Å²) in [7, 11) is 0. The molecule has 0 radical (unpaired) electrons. The Bertz CT molecular complexity index is 458. The molecular formula is C9H9N3OS. The van der Waals surface area contributed by atoms with Crippen molar-refractivity contribution < 1.29 is 4.52 Å². The van der Waals surface area contributed by atoms with Crippen LogP contribution in [0, 0.1) is 0 Å². The van der Waals surface area contributed by atoms with E-state index in [1.165, 1.54) is 17.8 Å². The summed E-state index contributed by atoms with van der Waals surface area (Å²) in [6.07, 6.45) is 2.54. The second kappa shape index (κ2) is 2.81. The fourth-order valence-corrected chi connectivity index (χ4v) is 2.32. The lowest BCUT2D eigenvalue weighted by atomic mass is 10.3. The molecule has 1 aliphatic rings. The Balaban J connectivity index is 1.95. The van der Waals surface area contributed by atoms with Crippen LogP contribution in [0.1, 0.15) is 23.8 Å². The summed E-state index contributed by atoms with van der Waals surface area (Å²) in [6, 6.07) is 1.70. The predicted molar refractivity (Wildman–Crippen MR) is 54.0 cm³/mol. The molecule has 0 amide bonds. The fraction of sp³-hybridized carbons (Fsp3) is 0.333. The molecule has 0 bridgehead atoms. The molecule has 2 aromatic rings. The van der Waals surface area contributed by atoms with E-state index in [-0.39, 0.29) is 0 Å². The van der Waals surface area contributed by atoms with Gasteiger partial charge in [0, 0.05) is 17.4 Å². The molecule has 0 aromatic carbocycles. The molecule has 0 aliphatic heterocycles. The summed E-state index contributed by atoms with van der Waals surface area (Å²) in [6.45, 7) is 0. The SMILES string of the molecule is Nc1cc(-c2csc(C3CC3)n2)no1. The number of nitrogen functional groups attached to an aromatic ring is 1. The number of hydrogen-bond acceptors (Lipinski definition) is 5. The highest BCUT2D eigenvalue weighted by molar-refractivity contribution is 7.10. The molecule has 3 rings (SSSR count). The molecule has 1 aliphatic carbocycles. The van der Waals surface area contributed by atoms with Crippen molar-refractivity contribution in [1.82, 2.24) is 10.1 Å². The largest absolute Gasteiger partial charge is 0.368 e. The third-order valence-corrected chi connectivity index (χ3v) is 3.25. The van der Waals surface area contributed by atoms with E-state index in [4.69, 9.17) is 10.3 Å². The first kappa shape index (κ1) is 7.99. The van der Waals surface area contributed by atoms with Crippen LogP contribution in [-0.4, -0.2) is 10.1 Å². The lowest BCUT2D eigenvalue weighted by Gasteiger charge is -1.86. The van der Waals surface area contributed by atoms with Crippen LogP contribution in [0.4, 0.5) is 5.88 Å². The highest BCUT2D eigenvalue weighted by atomic mass is 32.1. The molecule has 2 N–H and O–H groups in total. The first-order valence-electron chi connectivity index (χ1n) is 4.51. The molecule has 5 heteroatoms. The van der Waals surface area contributed by atoms with Crippen molar-refractivity contribution in [2.24, 2.45) is 0 Å². The maximum Gasteiger partial charge on any atom is 0.222 e. The van der Waals surface area contributed by atoms with E-state index in [1.54, 1.807) is 17.4 Å². The standard InChI is InChI=1S/C9H9N3OS/c10-8-3-6(12-13-8)7-4-14-9(11-7)5-1-2-5/h3-5H,1-2,10H2. The maximum absolute atomic E-state index is 5.44. The molecule has 2 heterocycles. The molecule has 1 fully saturated rings. The number of aromatic nitrogens is 2. The van der Waals surface area contributed by atoms with Crippen LogP contribution in [0.5, 0.6) is 0 Å². The van der Waals surface area contributed by atoms with Gasteiger partial charge in [0.25, 0.3) is 0 Å². The van der Waals surface area contributed by atoms with E-state index in [0.29, 0.717) is 11.8 Å². The van der Waals surface area contributed by atoms with E-state index >= 15 is 0 Å². The van der Waals surface area contributed by atoms with Gasteiger partial charge in [-0.3, -0.25) is 0 Å². The molecule has 2 aromatic heterocycles. The van der Waals surface area contributed by atoms with Gasteiger partial charge in [0.2, 0.25) is 5.88 Å². The van der Waals surface area contributed by atoms with E-state index in [2.05, 4.69) is 10.1 Å². The first-order valence-corrected chi connectivity index (χ1v) is 5.39. The Morgan fingerprint density at radius 1 is 1.43 bits per heavy atom. The molecule has 4 nitrogen and oxygen atoms in total. The van der Waals surface area contributed by atoms with E-state index < -0.39 is 0 Å². The molecule has 1 saturated carbocycles. The van der Waals surface area contributed by atoms with E-state index in [9.17, 15) is 0 Å². The molecule has 0 saturated heterocycles. The monoisotopic (exact) mass is 207 g/mol. The van der Waals surface area contributed by atoms with Crippen molar-refractivity contribution in [3.05, 3.63) is 16.5 Å². The zero-order valence-corrected chi connectivity index (χ0v) is 8.25. The summed E-state index contributed by atoms with van der Waals surface area (Å²) >= 11 is 1.69. The van der Waals surface area contributed by atoms with Crippen molar-refractivity contribution in [3.8, 4) is 11.4 Å². The molecule has 14 heavy (non-hydrogen) atoms. The van der Waals surface area contributed by atoms with Gasteiger partial charge in [-0.15, -0.1) is 11.3 Å². The summed E-state index contributed by atoms with van der Waals surface area (Å²) in [5.74, 6) is 1.03. The average Bonchev–Trinajstić information content (AvgIpc) is 2.76. The third kappa shape index (κ3) is 1.29. The third-order valence-electron chi connectivity index (χ3n) is 2.24. The van der Waals surface area contributed by atoms with Crippen LogP contribution in [0.3, 0.4) is 0 Å². The zero-order valence-electron chi connectivity index (χ0n) is 7.43. The number of thiazole rings is 1. The highest BCUT2D eigenvalue weighted by Crippen LogP contribution is 2.42. The summed E-state index contributed by atoms with van der Waals surface area (Å²) < 4.78 is 4.80. The fourth-order valence-electron chi connectivity index (χ4n) is 1.33. The van der Waals surface area contributed by atoms with Gasteiger partial charge in [-0.1, -0.05) is 5.16 Å². The predicted octanol–water partition coefficient (Wildman–Crippen LogP) is 2.26. The summed E-state index contributed by atoms with van der Waals surface area (Å²) in [5, 5.41) is 7.04. The molecule has 0 atom stereocenters. The number of nitrogens with two attached hydrogens (primary N) is 1. The van der Waals surface area contributed by atoms with Crippen LogP contribution < -0.4 is 5.73 Å². The van der Waals surface area contributed by atoms with Crippen molar-refractivity contribution in [3.63, 3.8) is 0 Å². The van der Waals surface area contributed by atoms with Crippen LogP contribution in [0.2, 0.25) is 0 Å². The number of rotatable bonds is 2. The number of anilines is 1. The average molecular weight is 207 g/mol. The Labute approximate surface area is 84.7 Å². The summed E-state index contributed by atoms with van der Waals surface area (Å²) in [5.41, 5.74) is 7.04. The van der Waals surface area contributed by atoms with E-state index in [1.807, 2.05) is 5.38 Å². The van der Waals surface area contributed by atoms with Crippen LogP contribution in [0.15, 0.2) is 16.0 Å². The van der Waals surface area contributed by atoms with Gasteiger partial charge in [-0.2, -0.15) is 0 Å². The quantitative estimate of drug-likeness (QED) is 0.820. The Kier molecular flexibility index (Phi) is 1.61. The zero-order chi connectivity index (χ0) is 9.54. The van der Waals surface area contributed by atoms with Gasteiger partial charge in [0.1, 0.15) is 11.4 Å². The second-order valence-electron chi connectivity index (χ2n) is 3.46. The summed E-state index contributed by atoms with van der Waals surface area (Å²) in [4.78, 5) is 4.50. The Morgan fingerprint density at radius 3 is 2.93 bits per heavy atom. The smallest absolute Gasteiger partial charge is 0.222 e. The molecule has 0 unspecified atom stereocenters. The highest BCUT2D eigenvalue weighted by Gasteiger charge is 2.27. The Hall–Kier alpha value is -1.36. The number of hydrogen-bond donors (Lipinski definition) is 1. The second-order valence-corrected chi connectivity index (χ2v) is 4.35. The van der Waals surface area contributed by atoms with Gasteiger partial charge in [-0.05, 0) is 12.8 Å². The Morgan fingerprint density at radius 2 is 2.29 bits per heavy atom. The van der Waals surface area contributed by atoms with Gasteiger partial charge >= 0.3 is 0 Å². The van der Waals surface area contributed by atoms with Crippen molar-refractivity contribution >= 4 is 17.2 Å². The normalized spacial score (nSPS) is 16.0. The van der Waals surface area contributed by atoms with Gasteiger partial charge in [-0.25, -0.2) is 4.98 Å². The lowest BCUT2D eigenvalue weighted by molar-refractivity contribution is 0.439. The molecular weight excluding hydrogens is 198 g/mol. The minimum atomic E-state index is 0.334. The minimum absolute atomic E-state index is 0.334. The van der Waals surface area contributed by atoms with Gasteiger partial charge < -0.3 is 10.3 Å². The van der Waals surface area contributed by atoms with Crippen molar-refractivity contribution in [2.45, 2.75) is 18.8 Å². The van der Waals surface area contributed by atoms with Crippen LogP contribution in [-0.2, 0) is 0 Å². The van der Waals surface area contributed by atoms with Crippen molar-refractivity contribution in [1.29, 1.82) is 0 Å². The van der Waals surface area contributed by atoms with Crippen LogP contribution >= 0.6 is 11.3 Å². The van der Waals surface area contributed by atoms with Gasteiger partial charge in [0.05, 0.1) is 5.01 Å². The minimum Gasteiger partial charge on any atom is -0.368 e. The molecule has 0 spiro atoms. The topological polar surface area (TPSA) is 64.9 Å². The van der Waals surface area contributed by atoms with Crippen molar-refractivity contribution in [2.75, 3.05) is 5.73 Å². The lowest BCUT2D eigenvalue weighted by Crippen LogP contribution is -1.79. The first-order chi connectivity index (χ1) is 6.83. The van der Waals surface area contributed by atoms with E-state index in [0.717, 1.165) is 11.4 Å². The molecule has 72 valence electrons. The number of nitrogens with zero attached hydrogens (tertiary/aromatic N) is 2.